The van der Waals surface area contributed by atoms with Crippen molar-refractivity contribution in [1.82, 2.24) is 0 Å². The molecule has 0 heterocycles. The first-order chi connectivity index (χ1) is 13.9. The third-order valence-electron chi connectivity index (χ3n) is 4.48. The van der Waals surface area contributed by atoms with Crippen LogP contribution in [0.25, 0.3) is 0 Å². The summed E-state index contributed by atoms with van der Waals surface area (Å²) in [6.07, 6.45) is 0. The lowest BCUT2D eigenvalue weighted by molar-refractivity contribution is -0.146. The highest BCUT2D eigenvalue weighted by Gasteiger charge is 2.23. The van der Waals surface area contributed by atoms with Crippen molar-refractivity contribution in [2.45, 2.75) is 33.1 Å². The van der Waals surface area contributed by atoms with Crippen LogP contribution in [0.1, 0.15) is 38.8 Å². The van der Waals surface area contributed by atoms with Gasteiger partial charge in [0.2, 0.25) is 0 Å². The Balaban J connectivity index is 2.00. The van der Waals surface area contributed by atoms with E-state index in [9.17, 15) is 9.59 Å². The van der Waals surface area contributed by atoms with Crippen molar-refractivity contribution in [3.63, 3.8) is 0 Å². The van der Waals surface area contributed by atoms with Crippen LogP contribution >= 0.6 is 0 Å². The zero-order chi connectivity index (χ0) is 21.3. The maximum atomic E-state index is 11.4. The first-order valence-electron chi connectivity index (χ1n) is 9.64. The van der Waals surface area contributed by atoms with E-state index in [1.807, 2.05) is 48.5 Å². The van der Waals surface area contributed by atoms with Gasteiger partial charge in [-0.3, -0.25) is 0 Å². The fourth-order valence-corrected chi connectivity index (χ4v) is 2.79. The highest BCUT2D eigenvalue weighted by molar-refractivity contribution is 5.71. The smallest absolute Gasteiger partial charge is 0.344 e. The van der Waals surface area contributed by atoms with Gasteiger partial charge < -0.3 is 18.9 Å². The Labute approximate surface area is 171 Å². The van der Waals surface area contributed by atoms with Gasteiger partial charge in [0.1, 0.15) is 11.5 Å². The van der Waals surface area contributed by atoms with Crippen molar-refractivity contribution in [3.05, 3.63) is 59.7 Å². The van der Waals surface area contributed by atoms with E-state index in [-0.39, 0.29) is 30.6 Å². The van der Waals surface area contributed by atoms with Gasteiger partial charge in [0.15, 0.2) is 13.2 Å². The second-order valence-corrected chi connectivity index (χ2v) is 6.86. The number of hydrogen-bond acceptors (Lipinski definition) is 6. The zero-order valence-electron chi connectivity index (χ0n) is 17.4. The van der Waals surface area contributed by atoms with E-state index < -0.39 is 0 Å². The minimum atomic E-state index is -0.387. The highest BCUT2D eigenvalue weighted by atomic mass is 16.6. The summed E-state index contributed by atoms with van der Waals surface area (Å²) in [5.41, 5.74) is 1.95. The summed E-state index contributed by atoms with van der Waals surface area (Å²) in [7, 11) is 0. The summed E-state index contributed by atoms with van der Waals surface area (Å²) in [5, 5.41) is 0. The molecule has 0 radical (unpaired) electrons. The summed E-state index contributed by atoms with van der Waals surface area (Å²) in [6, 6.07) is 15.3. The normalized spacial score (nSPS) is 10.9. The van der Waals surface area contributed by atoms with E-state index in [0.717, 1.165) is 11.1 Å². The van der Waals surface area contributed by atoms with Crippen LogP contribution in [-0.2, 0) is 24.5 Å². The molecule has 2 aromatic carbocycles. The molecule has 0 atom stereocenters. The Bertz CT molecular complexity index is 726. The first-order valence-corrected chi connectivity index (χ1v) is 9.64. The first kappa shape index (κ1) is 22.3. The average Bonchev–Trinajstić information content (AvgIpc) is 2.72. The van der Waals surface area contributed by atoms with Gasteiger partial charge in [0.05, 0.1) is 13.2 Å². The van der Waals surface area contributed by atoms with Crippen molar-refractivity contribution in [3.8, 4) is 11.5 Å². The van der Waals surface area contributed by atoms with Crippen LogP contribution in [0.15, 0.2) is 48.5 Å². The molecular weight excluding hydrogens is 372 g/mol. The lowest BCUT2D eigenvalue weighted by atomic mass is 9.78. The Morgan fingerprint density at radius 3 is 1.34 bits per heavy atom. The molecule has 2 rings (SSSR count). The Morgan fingerprint density at radius 2 is 1.03 bits per heavy atom. The Hall–Kier alpha value is -3.02. The molecular formula is C23H28O6. The summed E-state index contributed by atoms with van der Waals surface area (Å²) in [6.45, 7) is 8.21. The summed E-state index contributed by atoms with van der Waals surface area (Å²) in [4.78, 5) is 22.8. The van der Waals surface area contributed by atoms with E-state index in [4.69, 9.17) is 18.9 Å². The number of carbonyl (C=O) groups is 2. The van der Waals surface area contributed by atoms with Crippen molar-refractivity contribution in [1.29, 1.82) is 0 Å². The highest BCUT2D eigenvalue weighted by Crippen LogP contribution is 2.33. The minimum Gasteiger partial charge on any atom is -0.482 e. The van der Waals surface area contributed by atoms with Crippen LogP contribution in [0, 0.1) is 0 Å². The number of hydrogen-bond donors (Lipinski definition) is 0. The molecule has 0 aliphatic rings. The molecule has 6 nitrogen and oxygen atoms in total. The lowest BCUT2D eigenvalue weighted by Gasteiger charge is -2.26. The summed E-state index contributed by atoms with van der Waals surface area (Å²) in [5.74, 6) is 0.449. The lowest BCUT2D eigenvalue weighted by Crippen LogP contribution is -2.19. The summed E-state index contributed by atoms with van der Waals surface area (Å²) < 4.78 is 20.6. The van der Waals surface area contributed by atoms with Crippen molar-refractivity contribution < 1.29 is 28.5 Å². The van der Waals surface area contributed by atoms with Crippen molar-refractivity contribution in [2.75, 3.05) is 26.4 Å². The predicted octanol–water partition coefficient (Wildman–Crippen LogP) is 3.90. The van der Waals surface area contributed by atoms with E-state index in [1.165, 1.54) is 0 Å². The van der Waals surface area contributed by atoms with Crippen LogP contribution in [0.4, 0.5) is 0 Å². The molecule has 0 saturated heterocycles. The molecule has 0 aliphatic carbocycles. The third-order valence-corrected chi connectivity index (χ3v) is 4.48. The number of carbonyl (C=O) groups excluding carboxylic acids is 2. The molecule has 0 fully saturated rings. The van der Waals surface area contributed by atoms with Gasteiger partial charge in [-0.15, -0.1) is 0 Å². The molecule has 0 spiro atoms. The molecule has 0 amide bonds. The molecule has 6 heteroatoms. The van der Waals surface area contributed by atoms with Gasteiger partial charge in [0.25, 0.3) is 0 Å². The second-order valence-electron chi connectivity index (χ2n) is 6.86. The van der Waals surface area contributed by atoms with Crippen molar-refractivity contribution in [2.24, 2.45) is 0 Å². The molecule has 0 unspecified atom stereocenters. The van der Waals surface area contributed by atoms with Crippen LogP contribution in [0.5, 0.6) is 11.5 Å². The molecule has 29 heavy (non-hydrogen) atoms. The van der Waals surface area contributed by atoms with Gasteiger partial charge in [0, 0.05) is 5.41 Å². The number of benzene rings is 2. The van der Waals surface area contributed by atoms with Gasteiger partial charge >= 0.3 is 11.9 Å². The van der Waals surface area contributed by atoms with Crippen LogP contribution in [0.3, 0.4) is 0 Å². The SMILES string of the molecule is CCOC(=O)COc1ccc(C(C)(C)c2ccc(OCC(=O)OCC)cc2)cc1. The fourth-order valence-electron chi connectivity index (χ4n) is 2.79. The van der Waals surface area contributed by atoms with E-state index >= 15 is 0 Å². The van der Waals surface area contributed by atoms with Gasteiger partial charge in [-0.2, -0.15) is 0 Å². The van der Waals surface area contributed by atoms with Gasteiger partial charge in [-0.25, -0.2) is 9.59 Å². The van der Waals surface area contributed by atoms with Crippen molar-refractivity contribution >= 4 is 11.9 Å². The molecule has 0 aromatic heterocycles. The summed E-state index contributed by atoms with van der Waals surface area (Å²) >= 11 is 0. The minimum absolute atomic E-state index is 0.107. The largest absolute Gasteiger partial charge is 0.482 e. The maximum absolute atomic E-state index is 11.4. The van der Waals surface area contributed by atoms with E-state index in [2.05, 4.69) is 13.8 Å². The number of rotatable bonds is 10. The number of esters is 2. The van der Waals surface area contributed by atoms with Gasteiger partial charge in [-0.05, 0) is 49.2 Å². The molecule has 0 N–H and O–H groups in total. The maximum Gasteiger partial charge on any atom is 0.344 e. The standard InChI is InChI=1S/C23H28O6/c1-5-26-21(24)15-28-19-11-7-17(8-12-19)23(3,4)18-9-13-20(14-10-18)29-16-22(25)27-6-2/h7-14H,5-6,15-16H2,1-4H3. The predicted molar refractivity (Wildman–Crippen MR) is 109 cm³/mol. The Kier molecular flexibility index (Phi) is 8.07. The number of ether oxygens (including phenoxy) is 4. The molecule has 2 aromatic rings. The van der Waals surface area contributed by atoms with E-state index in [0.29, 0.717) is 24.7 Å². The quantitative estimate of drug-likeness (QED) is 0.564. The van der Waals surface area contributed by atoms with Crippen LogP contribution in [0.2, 0.25) is 0 Å². The topological polar surface area (TPSA) is 71.1 Å². The van der Waals surface area contributed by atoms with Gasteiger partial charge in [-0.1, -0.05) is 38.1 Å². The molecule has 0 bridgehead atoms. The van der Waals surface area contributed by atoms with Crippen LogP contribution < -0.4 is 9.47 Å². The second kappa shape index (κ2) is 10.5. The average molecular weight is 400 g/mol. The Morgan fingerprint density at radius 1 is 0.690 bits per heavy atom. The monoisotopic (exact) mass is 400 g/mol. The van der Waals surface area contributed by atoms with Crippen LogP contribution in [-0.4, -0.2) is 38.4 Å². The third kappa shape index (κ3) is 6.52. The molecule has 0 aliphatic heterocycles. The zero-order valence-corrected chi connectivity index (χ0v) is 17.4. The van der Waals surface area contributed by atoms with E-state index in [1.54, 1.807) is 13.8 Å². The molecule has 156 valence electrons. The fraction of sp³-hybridized carbons (Fsp3) is 0.391. The molecule has 0 saturated carbocycles.